The van der Waals surface area contributed by atoms with Crippen molar-refractivity contribution in [2.75, 3.05) is 13.1 Å². The van der Waals surface area contributed by atoms with Gasteiger partial charge in [0.1, 0.15) is 12.4 Å². The van der Waals surface area contributed by atoms with E-state index in [1.165, 1.54) is 46.8 Å². The predicted octanol–water partition coefficient (Wildman–Crippen LogP) is 3.44. The number of rotatable bonds is 7. The summed E-state index contributed by atoms with van der Waals surface area (Å²) in [5.74, 6) is -0.884. The quantitative estimate of drug-likeness (QED) is 0.595. The lowest BCUT2D eigenvalue weighted by Crippen LogP contribution is -2.48. The number of halogens is 2. The zero-order valence-electron chi connectivity index (χ0n) is 17.0. The number of carbonyl (C=O) groups excluding carboxylic acids is 1. The van der Waals surface area contributed by atoms with E-state index in [4.69, 9.17) is 9.47 Å². The zero-order valence-corrected chi connectivity index (χ0v) is 17.8. The van der Waals surface area contributed by atoms with Crippen molar-refractivity contribution in [1.29, 1.82) is 0 Å². The summed E-state index contributed by atoms with van der Waals surface area (Å²) in [5.41, 5.74) is 0.291. The third kappa shape index (κ3) is 5.78. The van der Waals surface area contributed by atoms with E-state index in [2.05, 4.69) is 4.74 Å². The topological polar surface area (TPSA) is 82.1 Å². The molecule has 1 aliphatic rings. The number of carbonyl (C=O) groups is 1. The molecule has 0 spiro atoms. The maximum absolute atomic E-state index is 13.0. The molecule has 1 aliphatic heterocycles. The van der Waals surface area contributed by atoms with Crippen molar-refractivity contribution in [3.05, 3.63) is 59.7 Å². The first-order valence-electron chi connectivity index (χ1n) is 9.62. The maximum atomic E-state index is 13.0. The molecule has 0 N–H and O–H groups in total. The van der Waals surface area contributed by atoms with Crippen molar-refractivity contribution in [3.63, 3.8) is 0 Å². The fraction of sp³-hybridized carbons (Fsp3) is 0.381. The van der Waals surface area contributed by atoms with E-state index in [9.17, 15) is 22.0 Å². The van der Waals surface area contributed by atoms with Crippen LogP contribution in [-0.2, 0) is 26.1 Å². The molecule has 31 heavy (non-hydrogen) atoms. The molecule has 3 rings (SSSR count). The van der Waals surface area contributed by atoms with E-state index in [-0.39, 0.29) is 53.7 Å². The number of ether oxygens (including phenoxy) is 3. The van der Waals surface area contributed by atoms with Gasteiger partial charge < -0.3 is 14.2 Å². The molecule has 2 aromatic rings. The number of sulfonamides is 1. The van der Waals surface area contributed by atoms with Gasteiger partial charge >= 0.3 is 12.6 Å². The Kier molecular flexibility index (Phi) is 7.24. The van der Waals surface area contributed by atoms with Gasteiger partial charge in [0.05, 0.1) is 22.7 Å². The molecule has 1 saturated heterocycles. The molecule has 2 atom stereocenters. The molecule has 2 aromatic carbocycles. The van der Waals surface area contributed by atoms with Crippen molar-refractivity contribution in [1.82, 2.24) is 4.31 Å². The Balaban J connectivity index is 1.74. The fourth-order valence-electron chi connectivity index (χ4n) is 3.32. The Morgan fingerprint density at radius 1 is 1.13 bits per heavy atom. The van der Waals surface area contributed by atoms with Crippen LogP contribution in [0.1, 0.15) is 29.8 Å². The van der Waals surface area contributed by atoms with Crippen LogP contribution in [0.2, 0.25) is 0 Å². The second-order valence-electron chi connectivity index (χ2n) is 7.17. The average molecular weight is 455 g/mol. The van der Waals surface area contributed by atoms with Gasteiger partial charge in [0.15, 0.2) is 0 Å². The summed E-state index contributed by atoms with van der Waals surface area (Å²) in [6.45, 7) is 0.689. The van der Waals surface area contributed by atoms with Gasteiger partial charge in [0.25, 0.3) is 0 Å². The lowest BCUT2D eigenvalue weighted by atomic mass is 10.2. The summed E-state index contributed by atoms with van der Waals surface area (Å²) >= 11 is 0. The van der Waals surface area contributed by atoms with Crippen molar-refractivity contribution in [3.8, 4) is 5.75 Å². The number of benzene rings is 2. The van der Waals surface area contributed by atoms with Crippen LogP contribution in [0.5, 0.6) is 5.75 Å². The largest absolute Gasteiger partial charge is 0.457 e. The van der Waals surface area contributed by atoms with Crippen LogP contribution in [0.15, 0.2) is 53.4 Å². The average Bonchev–Trinajstić information content (AvgIpc) is 2.72. The Bertz CT molecular complexity index is 1020. The second kappa shape index (κ2) is 9.71. The molecule has 7 nitrogen and oxygen atoms in total. The molecule has 2 unspecified atom stereocenters. The van der Waals surface area contributed by atoms with E-state index < -0.39 is 22.6 Å². The van der Waals surface area contributed by atoms with Crippen LogP contribution >= 0.6 is 0 Å². The van der Waals surface area contributed by atoms with Gasteiger partial charge in [-0.25, -0.2) is 13.2 Å². The Labute approximate surface area is 179 Å². The van der Waals surface area contributed by atoms with Gasteiger partial charge in [0.2, 0.25) is 10.0 Å². The lowest BCUT2D eigenvalue weighted by Gasteiger charge is -2.34. The minimum absolute atomic E-state index is 0.0303. The summed E-state index contributed by atoms with van der Waals surface area (Å²) in [7, 11) is -3.83. The van der Waals surface area contributed by atoms with E-state index in [1.54, 1.807) is 19.9 Å². The predicted molar refractivity (Wildman–Crippen MR) is 107 cm³/mol. The lowest BCUT2D eigenvalue weighted by molar-refractivity contribution is -0.0510. The molecule has 0 aromatic heterocycles. The van der Waals surface area contributed by atoms with Crippen molar-refractivity contribution < 1.29 is 36.2 Å². The molecule has 168 valence electrons. The standard InChI is InChI=1S/C21H23F2NO6S/c1-14-11-24(12-15(2)29-14)31(26,27)18-8-5-7-16(10-18)20(25)28-13-17-6-3-4-9-19(17)30-21(22)23/h3-10,14-15,21H,11-13H2,1-2H3. The molecule has 10 heteroatoms. The van der Waals surface area contributed by atoms with Crippen LogP contribution in [-0.4, -0.2) is 50.6 Å². The summed E-state index contributed by atoms with van der Waals surface area (Å²) < 4.78 is 67.6. The first-order valence-corrected chi connectivity index (χ1v) is 11.1. The van der Waals surface area contributed by atoms with E-state index in [0.717, 1.165) is 0 Å². The Morgan fingerprint density at radius 2 is 1.81 bits per heavy atom. The van der Waals surface area contributed by atoms with Crippen molar-refractivity contribution >= 4 is 16.0 Å². The first-order chi connectivity index (χ1) is 14.7. The zero-order chi connectivity index (χ0) is 22.6. The van der Waals surface area contributed by atoms with Gasteiger partial charge in [-0.15, -0.1) is 0 Å². The number of nitrogens with zero attached hydrogens (tertiary/aromatic N) is 1. The third-order valence-electron chi connectivity index (χ3n) is 4.64. The molecule has 0 saturated carbocycles. The van der Waals surface area contributed by atoms with E-state index in [0.29, 0.717) is 0 Å². The SMILES string of the molecule is CC1CN(S(=O)(=O)c2cccc(C(=O)OCc3ccccc3OC(F)F)c2)CC(C)O1. The molecule has 0 radical (unpaired) electrons. The number of morpholine rings is 1. The number of hydrogen-bond acceptors (Lipinski definition) is 6. The van der Waals surface area contributed by atoms with Gasteiger partial charge in [-0.2, -0.15) is 13.1 Å². The summed E-state index contributed by atoms with van der Waals surface area (Å²) in [5, 5.41) is 0. The van der Waals surface area contributed by atoms with Gasteiger partial charge in [0, 0.05) is 18.7 Å². The van der Waals surface area contributed by atoms with Crippen LogP contribution in [0.3, 0.4) is 0 Å². The fourth-order valence-corrected chi connectivity index (χ4v) is 4.96. The summed E-state index contributed by atoms with van der Waals surface area (Å²) in [6, 6.07) is 11.5. The van der Waals surface area contributed by atoms with Crippen LogP contribution in [0.4, 0.5) is 8.78 Å². The van der Waals surface area contributed by atoms with Gasteiger partial charge in [-0.1, -0.05) is 24.3 Å². The van der Waals surface area contributed by atoms with E-state index >= 15 is 0 Å². The smallest absolute Gasteiger partial charge is 0.387 e. The summed E-state index contributed by atoms with van der Waals surface area (Å²) in [4.78, 5) is 12.4. The third-order valence-corrected chi connectivity index (χ3v) is 6.47. The Morgan fingerprint density at radius 3 is 2.48 bits per heavy atom. The molecular formula is C21H23F2NO6S. The molecule has 0 aliphatic carbocycles. The Hall–Kier alpha value is -2.56. The number of alkyl halides is 2. The normalized spacial score (nSPS) is 19.9. The number of hydrogen-bond donors (Lipinski definition) is 0. The first kappa shape index (κ1) is 23.1. The highest BCUT2D eigenvalue weighted by atomic mass is 32.2. The number of esters is 1. The minimum Gasteiger partial charge on any atom is -0.457 e. The van der Waals surface area contributed by atoms with Gasteiger partial charge in [-0.3, -0.25) is 0 Å². The highest BCUT2D eigenvalue weighted by Gasteiger charge is 2.32. The number of para-hydroxylation sites is 1. The summed E-state index contributed by atoms with van der Waals surface area (Å²) in [6.07, 6.45) is -0.496. The molecule has 1 heterocycles. The molecular weight excluding hydrogens is 432 g/mol. The van der Waals surface area contributed by atoms with Crippen LogP contribution in [0, 0.1) is 0 Å². The highest BCUT2D eigenvalue weighted by molar-refractivity contribution is 7.89. The monoisotopic (exact) mass is 455 g/mol. The van der Waals surface area contributed by atoms with Crippen LogP contribution < -0.4 is 4.74 Å². The molecule has 0 amide bonds. The van der Waals surface area contributed by atoms with E-state index in [1.807, 2.05) is 0 Å². The second-order valence-corrected chi connectivity index (χ2v) is 9.11. The van der Waals surface area contributed by atoms with Gasteiger partial charge in [-0.05, 0) is 38.1 Å². The highest BCUT2D eigenvalue weighted by Crippen LogP contribution is 2.24. The molecule has 1 fully saturated rings. The minimum atomic E-state index is -3.83. The molecule has 0 bridgehead atoms. The van der Waals surface area contributed by atoms with Crippen LogP contribution in [0.25, 0.3) is 0 Å². The van der Waals surface area contributed by atoms with Crippen molar-refractivity contribution in [2.45, 2.75) is 44.2 Å². The maximum Gasteiger partial charge on any atom is 0.387 e. The van der Waals surface area contributed by atoms with Crippen molar-refractivity contribution in [2.24, 2.45) is 0 Å².